The van der Waals surface area contributed by atoms with Gasteiger partial charge in [-0.05, 0) is 32.6 Å². The van der Waals surface area contributed by atoms with Gasteiger partial charge in [0.2, 0.25) is 0 Å². The van der Waals surface area contributed by atoms with Gasteiger partial charge in [0.15, 0.2) is 0 Å². The van der Waals surface area contributed by atoms with Crippen molar-refractivity contribution in [3.8, 4) is 0 Å². The number of hydrogen-bond donors (Lipinski definition) is 0. The Labute approximate surface area is 114 Å². The molecule has 0 heterocycles. The second-order valence-electron chi connectivity index (χ2n) is 5.78. The topological polar surface area (TPSA) is 18.5 Å². The standard InChI is InChI=1S/C15H29O2Si/c1-3-16-18(17-4-2,15-11-7-8-12-15)13-14-9-5-6-10-14/h13-15H,3-12H2,1-2H3. The normalized spacial score (nSPS) is 23.0. The van der Waals surface area contributed by atoms with E-state index in [0.717, 1.165) is 24.7 Å². The first-order valence-electron chi connectivity index (χ1n) is 7.94. The van der Waals surface area contributed by atoms with Gasteiger partial charge >= 0.3 is 8.56 Å². The molecule has 0 aromatic carbocycles. The van der Waals surface area contributed by atoms with Crippen LogP contribution in [0, 0.1) is 12.0 Å². The van der Waals surface area contributed by atoms with Crippen LogP contribution in [0.15, 0.2) is 0 Å². The molecule has 0 saturated heterocycles. The first-order chi connectivity index (χ1) is 8.80. The van der Waals surface area contributed by atoms with Crippen molar-refractivity contribution in [2.24, 2.45) is 5.92 Å². The minimum atomic E-state index is -2.05. The molecule has 0 N–H and O–H groups in total. The van der Waals surface area contributed by atoms with Crippen LogP contribution in [0.4, 0.5) is 0 Å². The Bertz CT molecular complexity index is 227. The van der Waals surface area contributed by atoms with E-state index in [1.807, 2.05) is 0 Å². The summed E-state index contributed by atoms with van der Waals surface area (Å²) >= 11 is 0. The Balaban J connectivity index is 2.06. The first kappa shape index (κ1) is 14.5. The summed E-state index contributed by atoms with van der Waals surface area (Å²) in [6.07, 6.45) is 10.9. The lowest BCUT2D eigenvalue weighted by Crippen LogP contribution is -2.49. The molecule has 0 spiro atoms. The molecule has 2 saturated carbocycles. The van der Waals surface area contributed by atoms with Crippen LogP contribution in [0.25, 0.3) is 0 Å². The van der Waals surface area contributed by atoms with Crippen molar-refractivity contribution in [2.75, 3.05) is 13.2 Å². The maximum absolute atomic E-state index is 6.28. The SMILES string of the molecule is CCO[Si]([CH]C1CCCC1)(OCC)C1CCCC1. The third-order valence-corrected chi connectivity index (χ3v) is 8.66. The summed E-state index contributed by atoms with van der Waals surface area (Å²) in [5.41, 5.74) is 0.720. The van der Waals surface area contributed by atoms with Gasteiger partial charge in [-0.25, -0.2) is 0 Å². The van der Waals surface area contributed by atoms with Crippen molar-refractivity contribution in [1.82, 2.24) is 0 Å². The van der Waals surface area contributed by atoms with E-state index in [4.69, 9.17) is 8.85 Å². The van der Waals surface area contributed by atoms with Crippen molar-refractivity contribution in [3.63, 3.8) is 0 Å². The highest BCUT2D eigenvalue weighted by atomic mass is 28.4. The van der Waals surface area contributed by atoms with Crippen LogP contribution in [-0.2, 0) is 8.85 Å². The summed E-state index contributed by atoms with van der Waals surface area (Å²) in [7, 11) is -2.05. The van der Waals surface area contributed by atoms with Gasteiger partial charge in [0.05, 0.1) is 0 Å². The van der Waals surface area contributed by atoms with Crippen molar-refractivity contribution >= 4 is 8.56 Å². The van der Waals surface area contributed by atoms with Gasteiger partial charge in [0.25, 0.3) is 0 Å². The van der Waals surface area contributed by atoms with Crippen LogP contribution >= 0.6 is 0 Å². The molecule has 0 aliphatic heterocycles. The third-order valence-electron chi connectivity index (χ3n) is 4.53. The molecule has 2 fully saturated rings. The van der Waals surface area contributed by atoms with E-state index in [9.17, 15) is 0 Å². The summed E-state index contributed by atoms with van der Waals surface area (Å²) < 4.78 is 12.6. The average molecular weight is 269 g/mol. The summed E-state index contributed by atoms with van der Waals surface area (Å²) in [6, 6.07) is 2.57. The average Bonchev–Trinajstić information content (AvgIpc) is 3.02. The molecule has 2 aliphatic carbocycles. The molecule has 2 aliphatic rings. The molecular formula is C15H29O2Si. The van der Waals surface area contributed by atoms with Crippen LogP contribution in [-0.4, -0.2) is 21.8 Å². The van der Waals surface area contributed by atoms with Crippen LogP contribution in [0.1, 0.15) is 65.2 Å². The number of rotatable bonds is 7. The van der Waals surface area contributed by atoms with Gasteiger partial charge in [-0.3, -0.25) is 0 Å². The highest BCUT2D eigenvalue weighted by molar-refractivity contribution is 6.72. The van der Waals surface area contributed by atoms with Crippen LogP contribution < -0.4 is 0 Å². The van der Waals surface area contributed by atoms with E-state index >= 15 is 0 Å². The quantitative estimate of drug-likeness (QED) is 0.639. The summed E-state index contributed by atoms with van der Waals surface area (Å²) in [6.45, 7) is 5.87. The van der Waals surface area contributed by atoms with Gasteiger partial charge in [-0.15, -0.1) is 0 Å². The summed E-state index contributed by atoms with van der Waals surface area (Å²) in [4.78, 5) is 0. The van der Waals surface area contributed by atoms with Gasteiger partial charge in [-0.1, -0.05) is 38.5 Å². The minimum absolute atomic E-state index is 0.720. The lowest BCUT2D eigenvalue weighted by Gasteiger charge is -2.36. The molecule has 0 amide bonds. The molecular weight excluding hydrogens is 240 g/mol. The fourth-order valence-electron chi connectivity index (χ4n) is 3.74. The molecule has 105 valence electrons. The van der Waals surface area contributed by atoms with Crippen molar-refractivity contribution in [1.29, 1.82) is 0 Å². The molecule has 2 rings (SSSR count). The zero-order chi connectivity index (χ0) is 12.8. The predicted molar refractivity (Wildman–Crippen MR) is 77.5 cm³/mol. The summed E-state index contributed by atoms with van der Waals surface area (Å²) in [5.74, 6) is 0.773. The molecule has 0 bridgehead atoms. The lowest BCUT2D eigenvalue weighted by atomic mass is 10.1. The lowest BCUT2D eigenvalue weighted by molar-refractivity contribution is 0.175. The smallest absolute Gasteiger partial charge is 0.345 e. The van der Waals surface area contributed by atoms with E-state index in [1.54, 1.807) is 0 Å². The molecule has 0 aromatic rings. The Morgan fingerprint density at radius 1 is 0.889 bits per heavy atom. The van der Waals surface area contributed by atoms with Crippen LogP contribution in [0.3, 0.4) is 0 Å². The Kier molecular flexibility index (Phi) is 5.71. The monoisotopic (exact) mass is 269 g/mol. The molecule has 0 atom stereocenters. The summed E-state index contributed by atoms with van der Waals surface area (Å²) in [5, 5.41) is 0. The van der Waals surface area contributed by atoms with Crippen LogP contribution in [0.5, 0.6) is 0 Å². The second-order valence-corrected chi connectivity index (χ2v) is 8.95. The predicted octanol–water partition coefficient (Wildman–Crippen LogP) is 4.38. The fourth-order valence-corrected chi connectivity index (χ4v) is 7.87. The van der Waals surface area contributed by atoms with Gasteiger partial charge in [0.1, 0.15) is 0 Å². The Morgan fingerprint density at radius 2 is 1.39 bits per heavy atom. The minimum Gasteiger partial charge on any atom is -0.394 e. The first-order valence-corrected chi connectivity index (χ1v) is 9.91. The second kappa shape index (κ2) is 7.06. The maximum atomic E-state index is 6.28. The molecule has 0 aromatic heterocycles. The molecule has 0 unspecified atom stereocenters. The van der Waals surface area contributed by atoms with E-state index in [1.165, 1.54) is 51.4 Å². The highest BCUT2D eigenvalue weighted by Gasteiger charge is 2.48. The van der Waals surface area contributed by atoms with Crippen LogP contribution in [0.2, 0.25) is 5.54 Å². The van der Waals surface area contributed by atoms with Crippen molar-refractivity contribution < 1.29 is 8.85 Å². The van der Waals surface area contributed by atoms with Crippen molar-refractivity contribution in [3.05, 3.63) is 6.04 Å². The zero-order valence-electron chi connectivity index (χ0n) is 12.1. The third kappa shape index (κ3) is 3.37. The maximum Gasteiger partial charge on any atom is 0.345 e. The zero-order valence-corrected chi connectivity index (χ0v) is 13.1. The number of hydrogen-bond acceptors (Lipinski definition) is 2. The van der Waals surface area contributed by atoms with E-state index in [-0.39, 0.29) is 0 Å². The van der Waals surface area contributed by atoms with E-state index < -0.39 is 8.56 Å². The molecule has 3 heteroatoms. The van der Waals surface area contributed by atoms with E-state index in [2.05, 4.69) is 19.9 Å². The Morgan fingerprint density at radius 3 is 1.89 bits per heavy atom. The largest absolute Gasteiger partial charge is 0.394 e. The molecule has 2 nitrogen and oxygen atoms in total. The molecule has 18 heavy (non-hydrogen) atoms. The fraction of sp³-hybridized carbons (Fsp3) is 0.933. The highest BCUT2D eigenvalue weighted by Crippen LogP contribution is 2.44. The van der Waals surface area contributed by atoms with Crippen molar-refractivity contribution in [2.45, 2.75) is 70.8 Å². The molecule has 1 radical (unpaired) electrons. The Hall–Kier alpha value is 0.137. The van der Waals surface area contributed by atoms with Gasteiger partial charge < -0.3 is 8.85 Å². The van der Waals surface area contributed by atoms with E-state index in [0.29, 0.717) is 0 Å². The van der Waals surface area contributed by atoms with Gasteiger partial charge in [-0.2, -0.15) is 0 Å². The van der Waals surface area contributed by atoms with Gasteiger partial charge in [0, 0.05) is 24.8 Å².